The number of amides is 1. The van der Waals surface area contributed by atoms with Gasteiger partial charge in [-0.15, -0.1) is 0 Å². The Hall–Kier alpha value is -2.63. The number of aromatic nitrogens is 3. The summed E-state index contributed by atoms with van der Waals surface area (Å²) in [6.45, 7) is 2.09. The van der Waals surface area contributed by atoms with E-state index in [0.29, 0.717) is 13.1 Å². The summed E-state index contributed by atoms with van der Waals surface area (Å²) >= 11 is 0. The van der Waals surface area contributed by atoms with Gasteiger partial charge in [-0.05, 0) is 31.0 Å². The highest BCUT2D eigenvalue weighted by Gasteiger charge is 2.28. The highest BCUT2D eigenvalue weighted by Crippen LogP contribution is 2.29. The van der Waals surface area contributed by atoms with E-state index in [2.05, 4.69) is 10.1 Å². The molecule has 3 aromatic rings. The number of nitrogens with one attached hydrogen (secondary N) is 1. The molecule has 4 heterocycles. The summed E-state index contributed by atoms with van der Waals surface area (Å²) < 4.78 is 15.5. The fourth-order valence-electron chi connectivity index (χ4n) is 3.97. The van der Waals surface area contributed by atoms with Gasteiger partial charge in [0, 0.05) is 48.2 Å². The number of carbonyl (C=O) groups excluding carboxylic acids is 1. The molecular formula is C18H17FN4O. The van der Waals surface area contributed by atoms with Crippen LogP contribution < -0.4 is 0 Å². The monoisotopic (exact) mass is 324 g/mol. The van der Waals surface area contributed by atoms with E-state index in [-0.39, 0.29) is 11.7 Å². The molecule has 122 valence electrons. The maximum Gasteiger partial charge on any atom is 0.257 e. The van der Waals surface area contributed by atoms with Gasteiger partial charge < -0.3 is 9.88 Å². The Labute approximate surface area is 138 Å². The molecule has 5 rings (SSSR count). The molecule has 0 bridgehead atoms. The third-order valence-electron chi connectivity index (χ3n) is 5.19. The van der Waals surface area contributed by atoms with Gasteiger partial charge >= 0.3 is 0 Å². The SMILES string of the molecule is O=C(c1cnn2c1CCC2)N1CCc2[nH]c3ccc(F)cc3c2C1. The van der Waals surface area contributed by atoms with Gasteiger partial charge in [0.15, 0.2) is 0 Å². The molecular weight excluding hydrogens is 307 g/mol. The minimum atomic E-state index is -0.248. The van der Waals surface area contributed by atoms with Crippen LogP contribution in [0.4, 0.5) is 4.39 Å². The van der Waals surface area contributed by atoms with Crippen LogP contribution in [0.15, 0.2) is 24.4 Å². The van der Waals surface area contributed by atoms with Crippen LogP contribution >= 0.6 is 0 Å². The Kier molecular flexibility index (Phi) is 2.83. The number of fused-ring (bicyclic) bond motifs is 4. The predicted molar refractivity (Wildman–Crippen MR) is 87.2 cm³/mol. The van der Waals surface area contributed by atoms with E-state index in [9.17, 15) is 9.18 Å². The minimum Gasteiger partial charge on any atom is -0.358 e. The fraction of sp³-hybridized carbons (Fsp3) is 0.333. The number of aromatic amines is 1. The van der Waals surface area contributed by atoms with E-state index in [1.54, 1.807) is 18.3 Å². The number of carbonyl (C=O) groups is 1. The molecule has 1 N–H and O–H groups in total. The first kappa shape index (κ1) is 13.8. The number of nitrogens with zero attached hydrogens (tertiary/aromatic N) is 3. The Bertz CT molecular complexity index is 971. The standard InChI is InChI=1S/C18H17FN4O/c19-11-3-4-15-12(8-11)14-10-22(7-5-16(14)21-15)18(24)13-9-20-23-6-1-2-17(13)23/h3-4,8-9,21H,1-2,5-7,10H2. The molecule has 0 atom stereocenters. The number of rotatable bonds is 1. The Morgan fingerprint density at radius 3 is 3.08 bits per heavy atom. The lowest BCUT2D eigenvalue weighted by atomic mass is 10.0. The average Bonchev–Trinajstić information content (AvgIpc) is 3.27. The van der Waals surface area contributed by atoms with E-state index in [0.717, 1.165) is 59.2 Å². The number of halogens is 1. The van der Waals surface area contributed by atoms with Gasteiger partial charge in [-0.3, -0.25) is 9.48 Å². The third-order valence-corrected chi connectivity index (χ3v) is 5.19. The molecule has 2 aliphatic heterocycles. The molecule has 0 spiro atoms. The second kappa shape index (κ2) is 4.93. The molecule has 2 aromatic heterocycles. The van der Waals surface area contributed by atoms with Gasteiger partial charge in [-0.25, -0.2) is 4.39 Å². The van der Waals surface area contributed by atoms with E-state index >= 15 is 0 Å². The number of hydrogen-bond acceptors (Lipinski definition) is 2. The van der Waals surface area contributed by atoms with Crippen LogP contribution in [0, 0.1) is 5.82 Å². The lowest BCUT2D eigenvalue weighted by Crippen LogP contribution is -2.36. The molecule has 0 saturated carbocycles. The summed E-state index contributed by atoms with van der Waals surface area (Å²) in [5, 5.41) is 5.20. The van der Waals surface area contributed by atoms with E-state index < -0.39 is 0 Å². The predicted octanol–water partition coefficient (Wildman–Crippen LogP) is 2.65. The highest BCUT2D eigenvalue weighted by molar-refractivity contribution is 5.96. The van der Waals surface area contributed by atoms with Gasteiger partial charge in [0.1, 0.15) is 5.82 Å². The normalized spacial score (nSPS) is 16.5. The van der Waals surface area contributed by atoms with Crippen molar-refractivity contribution in [3.8, 4) is 0 Å². The van der Waals surface area contributed by atoms with Crippen LogP contribution in [0.2, 0.25) is 0 Å². The van der Waals surface area contributed by atoms with Crippen molar-refractivity contribution in [2.45, 2.75) is 32.4 Å². The summed E-state index contributed by atoms with van der Waals surface area (Å²) in [7, 11) is 0. The summed E-state index contributed by atoms with van der Waals surface area (Å²) in [5.41, 5.74) is 4.85. The van der Waals surface area contributed by atoms with Crippen LogP contribution in [0.1, 0.15) is 33.7 Å². The van der Waals surface area contributed by atoms with Gasteiger partial charge in [-0.1, -0.05) is 0 Å². The summed E-state index contributed by atoms with van der Waals surface area (Å²) in [4.78, 5) is 18.2. The molecule has 24 heavy (non-hydrogen) atoms. The van der Waals surface area contributed by atoms with Crippen molar-refractivity contribution in [3.63, 3.8) is 0 Å². The van der Waals surface area contributed by atoms with Gasteiger partial charge in [0.05, 0.1) is 17.5 Å². The quantitative estimate of drug-likeness (QED) is 0.748. The molecule has 0 unspecified atom stereocenters. The molecule has 0 aliphatic carbocycles. The van der Waals surface area contributed by atoms with Crippen molar-refractivity contribution in [2.75, 3.05) is 6.54 Å². The van der Waals surface area contributed by atoms with Crippen LogP contribution in [-0.4, -0.2) is 32.1 Å². The Morgan fingerprint density at radius 1 is 1.25 bits per heavy atom. The van der Waals surface area contributed by atoms with E-state index in [4.69, 9.17) is 0 Å². The number of benzene rings is 1. The lowest BCUT2D eigenvalue weighted by Gasteiger charge is -2.27. The summed E-state index contributed by atoms with van der Waals surface area (Å²) in [5.74, 6) is -0.211. The number of H-pyrrole nitrogens is 1. The van der Waals surface area contributed by atoms with Crippen LogP contribution in [0.5, 0.6) is 0 Å². The van der Waals surface area contributed by atoms with Crippen LogP contribution in [-0.2, 0) is 25.9 Å². The molecule has 2 aliphatic rings. The molecule has 1 aromatic carbocycles. The van der Waals surface area contributed by atoms with Gasteiger partial charge in [0.25, 0.3) is 5.91 Å². The first-order valence-corrected chi connectivity index (χ1v) is 8.33. The zero-order valence-electron chi connectivity index (χ0n) is 13.2. The molecule has 0 saturated heterocycles. The lowest BCUT2D eigenvalue weighted by molar-refractivity contribution is 0.0734. The topological polar surface area (TPSA) is 53.9 Å². The zero-order valence-corrected chi connectivity index (χ0v) is 13.2. The van der Waals surface area contributed by atoms with Crippen molar-refractivity contribution in [1.29, 1.82) is 0 Å². The summed E-state index contributed by atoms with van der Waals surface area (Å²) in [6.07, 6.45) is 4.43. The molecule has 0 fully saturated rings. The fourth-order valence-corrected chi connectivity index (χ4v) is 3.97. The summed E-state index contributed by atoms with van der Waals surface area (Å²) in [6, 6.07) is 4.78. The Balaban J connectivity index is 1.50. The maximum atomic E-state index is 13.6. The average molecular weight is 324 g/mol. The van der Waals surface area contributed by atoms with Crippen molar-refractivity contribution in [1.82, 2.24) is 19.7 Å². The second-order valence-corrected chi connectivity index (χ2v) is 6.58. The van der Waals surface area contributed by atoms with Crippen molar-refractivity contribution in [2.24, 2.45) is 0 Å². The number of aryl methyl sites for hydroxylation is 1. The minimum absolute atomic E-state index is 0.0366. The second-order valence-electron chi connectivity index (χ2n) is 6.58. The first-order chi connectivity index (χ1) is 11.7. The van der Waals surface area contributed by atoms with Crippen molar-refractivity contribution < 1.29 is 9.18 Å². The molecule has 6 heteroatoms. The maximum absolute atomic E-state index is 13.6. The largest absolute Gasteiger partial charge is 0.358 e. The molecule has 5 nitrogen and oxygen atoms in total. The van der Waals surface area contributed by atoms with E-state index in [1.165, 1.54) is 6.07 Å². The third kappa shape index (κ3) is 1.92. The smallest absolute Gasteiger partial charge is 0.257 e. The number of hydrogen-bond donors (Lipinski definition) is 1. The van der Waals surface area contributed by atoms with E-state index in [1.807, 2.05) is 9.58 Å². The van der Waals surface area contributed by atoms with Crippen LogP contribution in [0.3, 0.4) is 0 Å². The Morgan fingerprint density at radius 2 is 2.17 bits per heavy atom. The highest BCUT2D eigenvalue weighted by atomic mass is 19.1. The first-order valence-electron chi connectivity index (χ1n) is 8.33. The molecule has 1 amide bonds. The van der Waals surface area contributed by atoms with Gasteiger partial charge in [-0.2, -0.15) is 5.10 Å². The van der Waals surface area contributed by atoms with Crippen LogP contribution in [0.25, 0.3) is 10.9 Å². The van der Waals surface area contributed by atoms with Crippen molar-refractivity contribution in [3.05, 3.63) is 52.7 Å². The van der Waals surface area contributed by atoms with Crippen molar-refractivity contribution >= 4 is 16.8 Å². The van der Waals surface area contributed by atoms with Gasteiger partial charge in [0.2, 0.25) is 0 Å². The zero-order chi connectivity index (χ0) is 16.3. The molecule has 0 radical (unpaired) electrons.